The van der Waals surface area contributed by atoms with Crippen molar-refractivity contribution < 1.29 is 19.4 Å². The Labute approximate surface area is 212 Å². The largest absolute Gasteiger partial charge is 0.462 e. The summed E-state index contributed by atoms with van der Waals surface area (Å²) in [5, 5.41) is 11.0. The molecule has 0 unspecified atom stereocenters. The summed E-state index contributed by atoms with van der Waals surface area (Å²) in [7, 11) is 0. The van der Waals surface area contributed by atoms with Crippen LogP contribution in [0.4, 0.5) is 0 Å². The molecule has 1 N–H and O–H groups in total. The second kappa shape index (κ2) is 7.23. The Bertz CT molecular complexity index is 982. The average molecular weight is 485 g/mol. The molecule has 0 amide bonds. The van der Waals surface area contributed by atoms with Crippen molar-refractivity contribution >= 4 is 12.3 Å². The van der Waals surface area contributed by atoms with Gasteiger partial charge in [0.2, 0.25) is 0 Å². The maximum Gasteiger partial charge on any atom is 0.293 e. The van der Waals surface area contributed by atoms with Gasteiger partial charge in [-0.05, 0) is 109 Å². The SMILES string of the molecule is CC1(C)[C@@H](O)CC[C@]2(C)[C@H]3C(=O)C=C4[C@@H]5C[C@](C)(OC=O)CC[C@]5(C)CC[C@@]4(C)[C@]3(C)CC[C@@]12C. The van der Waals surface area contributed by atoms with E-state index in [0.717, 1.165) is 57.8 Å². The van der Waals surface area contributed by atoms with Crippen LogP contribution < -0.4 is 0 Å². The van der Waals surface area contributed by atoms with Crippen molar-refractivity contribution in [3.63, 3.8) is 0 Å². The normalized spacial score (nSPS) is 54.9. The molecule has 9 atom stereocenters. The third-order valence-electron chi connectivity index (χ3n) is 14.0. The summed E-state index contributed by atoms with van der Waals surface area (Å²) < 4.78 is 5.65. The van der Waals surface area contributed by atoms with Gasteiger partial charge in [0.1, 0.15) is 5.60 Å². The molecule has 4 heteroatoms. The third-order valence-corrected chi connectivity index (χ3v) is 14.0. The molecule has 5 rings (SSSR count). The van der Waals surface area contributed by atoms with E-state index in [2.05, 4.69) is 61.5 Å². The molecule has 196 valence electrons. The minimum absolute atomic E-state index is 0.0279. The maximum atomic E-state index is 14.4. The van der Waals surface area contributed by atoms with Crippen molar-refractivity contribution in [1.82, 2.24) is 0 Å². The molecule has 4 saturated carbocycles. The van der Waals surface area contributed by atoms with E-state index in [0.29, 0.717) is 12.3 Å². The summed E-state index contributed by atoms with van der Waals surface area (Å²) in [6.07, 6.45) is 10.5. The molecule has 0 aromatic heterocycles. The molecule has 35 heavy (non-hydrogen) atoms. The van der Waals surface area contributed by atoms with Crippen LogP contribution in [0.3, 0.4) is 0 Å². The quantitative estimate of drug-likeness (QED) is 0.446. The number of aliphatic hydroxyl groups is 1. The molecule has 0 bridgehead atoms. The monoisotopic (exact) mass is 484 g/mol. The Morgan fingerprint density at radius 2 is 1.54 bits per heavy atom. The maximum absolute atomic E-state index is 14.4. The van der Waals surface area contributed by atoms with Crippen LogP contribution in [0.1, 0.15) is 113 Å². The second-order valence-corrected chi connectivity index (χ2v) is 15.3. The molecule has 0 spiro atoms. The number of rotatable bonds is 2. The van der Waals surface area contributed by atoms with Crippen molar-refractivity contribution in [1.29, 1.82) is 0 Å². The summed E-state index contributed by atoms with van der Waals surface area (Å²) in [6, 6.07) is 0. The van der Waals surface area contributed by atoms with Crippen molar-refractivity contribution in [2.45, 2.75) is 125 Å². The molecule has 4 fully saturated rings. The fourth-order valence-corrected chi connectivity index (χ4v) is 10.5. The van der Waals surface area contributed by atoms with Gasteiger partial charge in [-0.2, -0.15) is 0 Å². The summed E-state index contributed by atoms with van der Waals surface area (Å²) in [6.45, 7) is 19.2. The van der Waals surface area contributed by atoms with Crippen molar-refractivity contribution in [2.24, 2.45) is 44.3 Å². The number of carbonyl (C=O) groups is 2. The van der Waals surface area contributed by atoms with Gasteiger partial charge in [-0.25, -0.2) is 0 Å². The first-order valence-corrected chi connectivity index (χ1v) is 14.1. The minimum Gasteiger partial charge on any atom is -0.462 e. The van der Waals surface area contributed by atoms with Gasteiger partial charge >= 0.3 is 0 Å². The summed E-state index contributed by atoms with van der Waals surface area (Å²) in [4.78, 5) is 25.7. The van der Waals surface area contributed by atoms with E-state index in [-0.39, 0.29) is 50.4 Å². The highest BCUT2D eigenvalue weighted by molar-refractivity contribution is 5.95. The van der Waals surface area contributed by atoms with Gasteiger partial charge in [0.15, 0.2) is 5.78 Å². The fraction of sp³-hybridized carbons (Fsp3) is 0.871. The summed E-state index contributed by atoms with van der Waals surface area (Å²) in [5.41, 5.74) is 0.433. The van der Waals surface area contributed by atoms with Gasteiger partial charge in [-0.3, -0.25) is 9.59 Å². The highest BCUT2D eigenvalue weighted by Crippen LogP contribution is 2.77. The molecule has 0 saturated heterocycles. The van der Waals surface area contributed by atoms with Crippen molar-refractivity contribution in [3.8, 4) is 0 Å². The Balaban J connectivity index is 1.63. The number of hydrogen-bond donors (Lipinski definition) is 1. The smallest absolute Gasteiger partial charge is 0.293 e. The van der Waals surface area contributed by atoms with Crippen LogP contribution in [0.25, 0.3) is 0 Å². The van der Waals surface area contributed by atoms with Crippen LogP contribution in [-0.4, -0.2) is 29.1 Å². The summed E-state index contributed by atoms with van der Waals surface area (Å²) >= 11 is 0. The highest BCUT2D eigenvalue weighted by Gasteiger charge is 2.73. The predicted octanol–water partition coefficient (Wildman–Crippen LogP) is 6.64. The number of allylic oxidation sites excluding steroid dienone is 2. The lowest BCUT2D eigenvalue weighted by molar-refractivity contribution is -0.244. The molecule has 0 aromatic rings. The standard InChI is InChI=1S/C31H48O4/c1-25(2)23(34)9-10-30(7)24-22(33)17-20-21-18-27(4,35-19-32)13-11-26(21,3)12-14-28(20,5)29(24,6)15-16-31(25,30)8/h17,19,21,23-24,34H,9-16,18H2,1-8H3/t21-,23-,24-,26+,27+,28+,29+,30+,31-/m0/s1. The van der Waals surface area contributed by atoms with Crippen LogP contribution in [-0.2, 0) is 14.3 Å². The lowest BCUT2D eigenvalue weighted by atomic mass is 9.30. The van der Waals surface area contributed by atoms with Crippen LogP contribution in [0, 0.1) is 44.3 Å². The third kappa shape index (κ3) is 2.90. The number of fused-ring (bicyclic) bond motifs is 7. The zero-order valence-electron chi connectivity index (χ0n) is 23.4. The number of hydrogen-bond acceptors (Lipinski definition) is 4. The Kier molecular flexibility index (Phi) is 5.27. The fourth-order valence-electron chi connectivity index (χ4n) is 10.5. The Hall–Kier alpha value is -1.16. The minimum atomic E-state index is -0.452. The first kappa shape index (κ1) is 25.5. The van der Waals surface area contributed by atoms with Gasteiger partial charge in [-0.1, -0.05) is 54.0 Å². The van der Waals surface area contributed by atoms with Gasteiger partial charge in [0.25, 0.3) is 6.47 Å². The first-order valence-electron chi connectivity index (χ1n) is 14.1. The molecule has 0 radical (unpaired) electrons. The Morgan fingerprint density at radius 3 is 2.20 bits per heavy atom. The number of ether oxygens (including phenoxy) is 1. The van der Waals surface area contributed by atoms with E-state index in [1.807, 2.05) is 0 Å². The molecular formula is C31H48O4. The predicted molar refractivity (Wildman–Crippen MR) is 137 cm³/mol. The van der Waals surface area contributed by atoms with Gasteiger partial charge in [-0.15, -0.1) is 0 Å². The second-order valence-electron chi connectivity index (χ2n) is 15.3. The molecule has 0 heterocycles. The van der Waals surface area contributed by atoms with E-state index >= 15 is 0 Å². The lowest BCUT2D eigenvalue weighted by Crippen LogP contribution is -2.70. The molecule has 0 aliphatic heterocycles. The Morgan fingerprint density at radius 1 is 0.886 bits per heavy atom. The highest BCUT2D eigenvalue weighted by atomic mass is 16.5. The van der Waals surface area contributed by atoms with Crippen LogP contribution in [0.2, 0.25) is 0 Å². The van der Waals surface area contributed by atoms with Crippen LogP contribution in [0.15, 0.2) is 11.6 Å². The van der Waals surface area contributed by atoms with Crippen LogP contribution in [0.5, 0.6) is 0 Å². The van der Waals surface area contributed by atoms with Crippen molar-refractivity contribution in [3.05, 3.63) is 11.6 Å². The molecule has 4 nitrogen and oxygen atoms in total. The number of aliphatic hydroxyl groups excluding tert-OH is 1. The zero-order chi connectivity index (χ0) is 25.9. The van der Waals surface area contributed by atoms with Crippen LogP contribution >= 0.6 is 0 Å². The van der Waals surface area contributed by atoms with Gasteiger partial charge in [0, 0.05) is 5.92 Å². The molecule has 5 aliphatic rings. The van der Waals surface area contributed by atoms with E-state index in [4.69, 9.17) is 4.74 Å². The first-order chi connectivity index (χ1) is 16.0. The zero-order valence-corrected chi connectivity index (χ0v) is 23.4. The number of carbonyl (C=O) groups excluding carboxylic acids is 2. The van der Waals surface area contributed by atoms with E-state index in [1.165, 1.54) is 5.57 Å². The van der Waals surface area contributed by atoms with Crippen molar-refractivity contribution in [2.75, 3.05) is 0 Å². The topological polar surface area (TPSA) is 63.6 Å². The molecule has 5 aliphatic carbocycles. The van der Waals surface area contributed by atoms with E-state index in [1.54, 1.807) is 0 Å². The van der Waals surface area contributed by atoms with E-state index in [9.17, 15) is 14.7 Å². The molecular weight excluding hydrogens is 436 g/mol. The number of ketones is 1. The van der Waals surface area contributed by atoms with Gasteiger partial charge in [0.05, 0.1) is 6.10 Å². The molecule has 0 aromatic carbocycles. The van der Waals surface area contributed by atoms with Gasteiger partial charge < -0.3 is 9.84 Å². The van der Waals surface area contributed by atoms with E-state index < -0.39 is 5.60 Å². The lowest BCUT2D eigenvalue weighted by Gasteiger charge is -2.73. The average Bonchev–Trinajstić information content (AvgIpc) is 2.77. The summed E-state index contributed by atoms with van der Waals surface area (Å²) in [5.74, 6) is 0.556.